The third kappa shape index (κ3) is 3.71. The van der Waals surface area contributed by atoms with Crippen molar-refractivity contribution < 1.29 is 18.6 Å². The molecule has 1 fully saturated rings. The number of terminal acetylenes is 1. The highest BCUT2D eigenvalue weighted by Crippen LogP contribution is 2.39. The number of halogens is 2. The van der Waals surface area contributed by atoms with E-state index >= 15 is 4.39 Å². The summed E-state index contributed by atoms with van der Waals surface area (Å²) in [7, 11) is 1.38. The molecule has 3 heterocycles. The van der Waals surface area contributed by atoms with Gasteiger partial charge in [0.25, 0.3) is 0 Å². The third-order valence-electron chi connectivity index (χ3n) is 6.18. The van der Waals surface area contributed by atoms with Crippen molar-refractivity contribution in [3.05, 3.63) is 47.7 Å². The molecule has 2 aromatic carbocycles. The van der Waals surface area contributed by atoms with Gasteiger partial charge in [0.1, 0.15) is 28.6 Å². The molecular formula is C26H19F2N5O2. The number of hydrogen-bond donors (Lipinski definition) is 1. The molecule has 7 nitrogen and oxygen atoms in total. The number of anilines is 1. The lowest BCUT2D eigenvalue weighted by atomic mass is 9.95. The number of hydrogen-bond acceptors (Lipinski definition) is 7. The monoisotopic (exact) mass is 471 g/mol. The van der Waals surface area contributed by atoms with Crippen LogP contribution in [0.25, 0.3) is 32.9 Å². The van der Waals surface area contributed by atoms with Crippen molar-refractivity contribution in [3.8, 4) is 41.4 Å². The van der Waals surface area contributed by atoms with Crippen LogP contribution in [-0.4, -0.2) is 40.3 Å². The Balaban J connectivity index is 1.78. The highest BCUT2D eigenvalue weighted by molar-refractivity contribution is 6.03. The largest absolute Gasteiger partial charge is 0.508 e. The van der Waals surface area contributed by atoms with Gasteiger partial charge in [0, 0.05) is 30.2 Å². The summed E-state index contributed by atoms with van der Waals surface area (Å²) in [5.41, 5.74) is -0.129. The Bertz CT molecular complexity index is 1580. The highest BCUT2D eigenvalue weighted by Gasteiger charge is 2.26. The smallest absolute Gasteiger partial charge is 0.318 e. The second kappa shape index (κ2) is 8.69. The van der Waals surface area contributed by atoms with E-state index in [1.54, 1.807) is 0 Å². The van der Waals surface area contributed by atoms with E-state index in [1.165, 1.54) is 37.6 Å². The zero-order chi connectivity index (χ0) is 24.7. The second-order valence-electron chi connectivity index (χ2n) is 8.29. The maximum absolute atomic E-state index is 16.1. The van der Waals surface area contributed by atoms with Crippen molar-refractivity contribution in [1.82, 2.24) is 15.0 Å². The maximum Gasteiger partial charge on any atom is 0.318 e. The number of pyridine rings is 1. The van der Waals surface area contributed by atoms with Gasteiger partial charge in [-0.15, -0.1) is 6.42 Å². The predicted molar refractivity (Wildman–Crippen MR) is 127 cm³/mol. The van der Waals surface area contributed by atoms with Crippen molar-refractivity contribution in [1.29, 1.82) is 5.26 Å². The van der Waals surface area contributed by atoms with Crippen molar-refractivity contribution in [2.45, 2.75) is 12.8 Å². The van der Waals surface area contributed by atoms with E-state index in [-0.39, 0.29) is 45.4 Å². The third-order valence-corrected chi connectivity index (χ3v) is 6.18. The minimum Gasteiger partial charge on any atom is -0.508 e. The molecule has 2 aromatic heterocycles. The van der Waals surface area contributed by atoms with Crippen molar-refractivity contribution in [3.63, 3.8) is 0 Å². The van der Waals surface area contributed by atoms with Crippen LogP contribution >= 0.6 is 0 Å². The molecule has 0 bridgehead atoms. The van der Waals surface area contributed by atoms with Crippen LogP contribution in [-0.2, 0) is 0 Å². The Labute approximate surface area is 199 Å². The summed E-state index contributed by atoms with van der Waals surface area (Å²) < 4.78 is 35.8. The van der Waals surface area contributed by atoms with E-state index in [1.807, 2.05) is 4.90 Å². The Kier molecular flexibility index (Phi) is 5.54. The van der Waals surface area contributed by atoms with E-state index in [0.29, 0.717) is 29.7 Å². The first-order valence-corrected chi connectivity index (χ1v) is 10.9. The number of nitriles is 1. The molecule has 0 aliphatic carbocycles. The quantitative estimate of drug-likeness (QED) is 0.438. The average molecular weight is 471 g/mol. The van der Waals surface area contributed by atoms with Gasteiger partial charge in [0.05, 0.1) is 30.0 Å². The molecular weight excluding hydrogens is 452 g/mol. The second-order valence-corrected chi connectivity index (χ2v) is 8.29. The Morgan fingerprint density at radius 1 is 1.26 bits per heavy atom. The standard InChI is InChI=1S/C26H19F2N5O2/c1-3-17-20(27)7-6-15-9-16(34)10-18(21(15)17)23-22(28)24-19(12-30-23)25(32-26(31-24)35-2)33-8-4-5-14(11-29)13-33/h1,6-7,9-10,12,14,34H,4-5,8,13H2,2H3. The molecule has 4 aromatic rings. The van der Waals surface area contributed by atoms with Crippen LogP contribution in [0.2, 0.25) is 0 Å². The number of aromatic nitrogens is 3. The van der Waals surface area contributed by atoms with Gasteiger partial charge in [0.2, 0.25) is 0 Å². The normalized spacial score (nSPS) is 15.7. The summed E-state index contributed by atoms with van der Waals surface area (Å²) >= 11 is 0. The molecule has 1 saturated heterocycles. The van der Waals surface area contributed by atoms with Gasteiger partial charge in [-0.05, 0) is 36.4 Å². The number of rotatable bonds is 3. The SMILES string of the molecule is C#Cc1c(F)ccc2cc(O)cc(-c3ncc4c(N5CCCC(C#N)C5)nc(OC)nc4c3F)c12. The van der Waals surface area contributed by atoms with E-state index in [4.69, 9.17) is 11.2 Å². The molecule has 1 N–H and O–H groups in total. The van der Waals surface area contributed by atoms with Crippen LogP contribution < -0.4 is 9.64 Å². The number of nitrogens with zero attached hydrogens (tertiary/aromatic N) is 5. The number of fused-ring (bicyclic) bond motifs is 2. The minimum absolute atomic E-state index is 0.0428. The van der Waals surface area contributed by atoms with Crippen LogP contribution in [0.5, 0.6) is 11.8 Å². The van der Waals surface area contributed by atoms with Gasteiger partial charge in [-0.1, -0.05) is 12.0 Å². The zero-order valence-corrected chi connectivity index (χ0v) is 18.7. The molecule has 1 aliphatic rings. The molecule has 0 amide bonds. The lowest BCUT2D eigenvalue weighted by molar-refractivity contribution is 0.380. The van der Waals surface area contributed by atoms with Crippen LogP contribution in [0.4, 0.5) is 14.6 Å². The first-order valence-electron chi connectivity index (χ1n) is 10.9. The van der Waals surface area contributed by atoms with E-state index in [2.05, 4.69) is 26.9 Å². The summed E-state index contributed by atoms with van der Waals surface area (Å²) in [6.45, 7) is 1.08. The summed E-state index contributed by atoms with van der Waals surface area (Å²) in [5.74, 6) is 0.974. The predicted octanol–water partition coefficient (Wildman–Crippen LogP) is 4.56. The number of benzene rings is 2. The fourth-order valence-corrected chi connectivity index (χ4v) is 4.57. The number of methoxy groups -OCH3 is 1. The molecule has 0 radical (unpaired) electrons. The number of phenols is 1. The van der Waals surface area contributed by atoms with Crippen LogP contribution in [0.15, 0.2) is 30.5 Å². The molecule has 5 rings (SSSR count). The lowest BCUT2D eigenvalue weighted by Crippen LogP contribution is -2.35. The molecule has 0 spiro atoms. The molecule has 174 valence electrons. The van der Waals surface area contributed by atoms with Gasteiger partial charge in [0.15, 0.2) is 5.82 Å². The average Bonchev–Trinajstić information content (AvgIpc) is 2.88. The summed E-state index contributed by atoms with van der Waals surface area (Å²) in [6.07, 6.45) is 8.56. The summed E-state index contributed by atoms with van der Waals surface area (Å²) in [5, 5.41) is 20.7. The molecule has 9 heteroatoms. The molecule has 1 aliphatic heterocycles. The lowest BCUT2D eigenvalue weighted by Gasteiger charge is -2.31. The summed E-state index contributed by atoms with van der Waals surface area (Å²) in [6, 6.07) is 7.61. The van der Waals surface area contributed by atoms with Crippen molar-refractivity contribution >= 4 is 27.5 Å². The maximum atomic E-state index is 16.1. The van der Waals surface area contributed by atoms with Crippen molar-refractivity contribution in [2.24, 2.45) is 5.92 Å². The van der Waals surface area contributed by atoms with Crippen LogP contribution in [0.3, 0.4) is 0 Å². The van der Waals surface area contributed by atoms with Gasteiger partial charge >= 0.3 is 6.01 Å². The number of phenolic OH excluding ortho intramolecular Hbond substituents is 1. The Hall–Kier alpha value is -4.50. The minimum atomic E-state index is -0.794. The van der Waals surface area contributed by atoms with Crippen LogP contribution in [0.1, 0.15) is 18.4 Å². The number of aromatic hydroxyl groups is 1. The van der Waals surface area contributed by atoms with Gasteiger partial charge in [-0.2, -0.15) is 15.2 Å². The summed E-state index contributed by atoms with van der Waals surface area (Å²) in [4.78, 5) is 14.9. The fraction of sp³-hybridized carbons (Fsp3) is 0.231. The Morgan fingerprint density at radius 3 is 2.83 bits per heavy atom. The molecule has 0 saturated carbocycles. The molecule has 1 unspecified atom stereocenters. The van der Waals surface area contributed by atoms with Gasteiger partial charge < -0.3 is 14.7 Å². The molecule has 35 heavy (non-hydrogen) atoms. The van der Waals surface area contributed by atoms with Gasteiger partial charge in [-0.3, -0.25) is 4.98 Å². The molecule has 1 atom stereocenters. The number of piperidine rings is 1. The highest BCUT2D eigenvalue weighted by atomic mass is 19.1. The first kappa shape index (κ1) is 22.3. The van der Waals surface area contributed by atoms with E-state index in [0.717, 1.165) is 12.8 Å². The van der Waals surface area contributed by atoms with E-state index < -0.39 is 11.6 Å². The topological polar surface area (TPSA) is 95.2 Å². The van der Waals surface area contributed by atoms with E-state index in [9.17, 15) is 14.8 Å². The first-order chi connectivity index (χ1) is 16.9. The zero-order valence-electron chi connectivity index (χ0n) is 18.7. The Morgan fingerprint density at radius 2 is 2.09 bits per heavy atom. The number of ether oxygens (including phenoxy) is 1. The van der Waals surface area contributed by atoms with Crippen molar-refractivity contribution in [2.75, 3.05) is 25.1 Å². The fourth-order valence-electron chi connectivity index (χ4n) is 4.57. The van der Waals surface area contributed by atoms with Gasteiger partial charge in [-0.25, -0.2) is 8.78 Å². The van der Waals surface area contributed by atoms with Crippen LogP contribution in [0, 0.1) is 41.2 Å².